The maximum atomic E-state index is 13.4. The number of benzene rings is 2. The van der Waals surface area contributed by atoms with Gasteiger partial charge in [0.25, 0.3) is 0 Å². The molecule has 0 bridgehead atoms. The van der Waals surface area contributed by atoms with Crippen LogP contribution < -0.4 is 9.62 Å². The Morgan fingerprint density at radius 3 is 1.94 bits per heavy atom. The topological polar surface area (TPSA) is 86.8 Å². The number of hydrogen-bond donors (Lipinski definition) is 1. The second-order valence-electron chi connectivity index (χ2n) is 7.65. The Bertz CT molecular complexity index is 1000. The van der Waals surface area contributed by atoms with Gasteiger partial charge in [0.05, 0.1) is 11.9 Å². The SMILES string of the molecule is CC[C@H](C(=O)NC)N(Cc1ccc(C)cc1)C(=O)CN(c1ccc(C)cc1)S(C)(=O)=O. The van der Waals surface area contributed by atoms with E-state index in [2.05, 4.69) is 5.32 Å². The second kappa shape index (κ2) is 10.4. The van der Waals surface area contributed by atoms with Crippen LogP contribution in [0.5, 0.6) is 0 Å². The van der Waals surface area contributed by atoms with E-state index < -0.39 is 22.0 Å². The molecular formula is C23H31N3O4S. The molecular weight excluding hydrogens is 414 g/mol. The molecule has 1 N–H and O–H groups in total. The van der Waals surface area contributed by atoms with Gasteiger partial charge in [-0.05, 0) is 38.0 Å². The highest BCUT2D eigenvalue weighted by Crippen LogP contribution is 2.20. The van der Waals surface area contributed by atoms with Crippen molar-refractivity contribution in [3.8, 4) is 0 Å². The minimum absolute atomic E-state index is 0.205. The van der Waals surface area contributed by atoms with Gasteiger partial charge in [0, 0.05) is 13.6 Å². The van der Waals surface area contributed by atoms with E-state index in [1.165, 1.54) is 11.9 Å². The van der Waals surface area contributed by atoms with Crippen molar-refractivity contribution >= 4 is 27.5 Å². The van der Waals surface area contributed by atoms with Crippen LogP contribution in [-0.4, -0.2) is 51.0 Å². The summed E-state index contributed by atoms with van der Waals surface area (Å²) in [6.07, 6.45) is 1.47. The third kappa shape index (κ3) is 6.55. The fraction of sp³-hybridized carbons (Fsp3) is 0.391. The number of carbonyl (C=O) groups excluding carboxylic acids is 2. The average molecular weight is 446 g/mol. The summed E-state index contributed by atoms with van der Waals surface area (Å²) in [6, 6.07) is 13.9. The van der Waals surface area contributed by atoms with Gasteiger partial charge in [0.2, 0.25) is 21.8 Å². The van der Waals surface area contributed by atoms with Crippen LogP contribution in [-0.2, 0) is 26.2 Å². The van der Waals surface area contributed by atoms with Crippen molar-refractivity contribution in [2.24, 2.45) is 0 Å². The lowest BCUT2D eigenvalue weighted by atomic mass is 10.1. The summed E-state index contributed by atoms with van der Waals surface area (Å²) in [5.74, 6) is -0.730. The smallest absolute Gasteiger partial charge is 0.244 e. The van der Waals surface area contributed by atoms with E-state index >= 15 is 0 Å². The van der Waals surface area contributed by atoms with Crippen molar-refractivity contribution in [2.45, 2.75) is 39.8 Å². The minimum Gasteiger partial charge on any atom is -0.357 e. The molecule has 0 heterocycles. The summed E-state index contributed by atoms with van der Waals surface area (Å²) in [5, 5.41) is 2.60. The van der Waals surface area contributed by atoms with E-state index in [4.69, 9.17) is 0 Å². The first kappa shape index (κ1) is 24.4. The number of carbonyl (C=O) groups is 2. The molecule has 31 heavy (non-hydrogen) atoms. The number of hydrogen-bond acceptors (Lipinski definition) is 4. The van der Waals surface area contributed by atoms with E-state index in [1.807, 2.05) is 45.0 Å². The Morgan fingerprint density at radius 1 is 0.968 bits per heavy atom. The molecule has 0 aliphatic rings. The normalized spacial score (nSPS) is 12.2. The monoisotopic (exact) mass is 445 g/mol. The standard InChI is InChI=1S/C23H31N3O4S/c1-6-21(23(28)24-4)25(15-19-11-7-17(2)8-12-19)22(27)16-26(31(5,29)30)20-13-9-18(3)10-14-20/h7-14,21H,6,15-16H2,1-5H3,(H,24,28)/t21-/m1/s1. The zero-order valence-electron chi connectivity index (χ0n) is 18.8. The molecule has 2 aromatic rings. The zero-order chi connectivity index (χ0) is 23.2. The van der Waals surface area contributed by atoms with Crippen LogP contribution in [0.25, 0.3) is 0 Å². The second-order valence-corrected chi connectivity index (χ2v) is 9.56. The molecule has 7 nitrogen and oxygen atoms in total. The molecule has 0 aliphatic heterocycles. The first-order valence-corrected chi connectivity index (χ1v) is 12.0. The van der Waals surface area contributed by atoms with Gasteiger partial charge in [-0.1, -0.05) is 54.4 Å². The van der Waals surface area contributed by atoms with Crippen molar-refractivity contribution in [2.75, 3.05) is 24.2 Å². The van der Waals surface area contributed by atoms with Crippen molar-refractivity contribution in [3.05, 3.63) is 65.2 Å². The molecule has 2 amide bonds. The van der Waals surface area contributed by atoms with Crippen molar-refractivity contribution in [1.29, 1.82) is 0 Å². The zero-order valence-corrected chi connectivity index (χ0v) is 19.6. The fourth-order valence-electron chi connectivity index (χ4n) is 3.30. The first-order valence-electron chi connectivity index (χ1n) is 10.2. The minimum atomic E-state index is -3.71. The summed E-state index contributed by atoms with van der Waals surface area (Å²) >= 11 is 0. The molecule has 0 saturated carbocycles. The predicted molar refractivity (Wildman–Crippen MR) is 123 cm³/mol. The molecule has 0 unspecified atom stereocenters. The summed E-state index contributed by atoms with van der Waals surface area (Å²) in [5.41, 5.74) is 3.34. The maximum Gasteiger partial charge on any atom is 0.244 e. The number of nitrogens with one attached hydrogen (secondary N) is 1. The van der Waals surface area contributed by atoms with Crippen LogP contribution in [0.3, 0.4) is 0 Å². The predicted octanol–water partition coefficient (Wildman–Crippen LogP) is 2.62. The molecule has 1 atom stereocenters. The van der Waals surface area contributed by atoms with Crippen LogP contribution >= 0.6 is 0 Å². The van der Waals surface area contributed by atoms with Gasteiger partial charge < -0.3 is 10.2 Å². The number of aryl methyl sites for hydroxylation is 2. The Kier molecular flexibility index (Phi) is 8.21. The molecule has 0 spiro atoms. The van der Waals surface area contributed by atoms with E-state index in [9.17, 15) is 18.0 Å². The number of sulfonamides is 1. The highest BCUT2D eigenvalue weighted by molar-refractivity contribution is 7.92. The lowest BCUT2D eigenvalue weighted by Crippen LogP contribution is -2.51. The Balaban J connectivity index is 2.40. The highest BCUT2D eigenvalue weighted by Gasteiger charge is 2.31. The number of nitrogens with zero attached hydrogens (tertiary/aromatic N) is 2. The molecule has 0 fully saturated rings. The van der Waals surface area contributed by atoms with E-state index in [-0.39, 0.29) is 19.0 Å². The molecule has 8 heteroatoms. The van der Waals surface area contributed by atoms with Crippen LogP contribution in [0.1, 0.15) is 30.0 Å². The van der Waals surface area contributed by atoms with E-state index in [0.717, 1.165) is 27.3 Å². The van der Waals surface area contributed by atoms with Crippen molar-refractivity contribution < 1.29 is 18.0 Å². The average Bonchev–Trinajstić information content (AvgIpc) is 2.72. The van der Waals surface area contributed by atoms with Crippen LogP contribution in [0.4, 0.5) is 5.69 Å². The first-order chi connectivity index (χ1) is 14.6. The largest absolute Gasteiger partial charge is 0.357 e. The summed E-state index contributed by atoms with van der Waals surface area (Å²) in [6.45, 7) is 5.51. The molecule has 2 rings (SSSR count). The van der Waals surface area contributed by atoms with Gasteiger partial charge in [-0.2, -0.15) is 0 Å². The van der Waals surface area contributed by atoms with Crippen molar-refractivity contribution in [3.63, 3.8) is 0 Å². The number of rotatable bonds is 9. The van der Waals surface area contributed by atoms with Gasteiger partial charge in [-0.25, -0.2) is 8.42 Å². The lowest BCUT2D eigenvalue weighted by molar-refractivity contribution is -0.140. The van der Waals surface area contributed by atoms with Crippen LogP contribution in [0, 0.1) is 13.8 Å². The Labute approximate surface area is 185 Å². The maximum absolute atomic E-state index is 13.4. The van der Waals surface area contributed by atoms with Crippen LogP contribution in [0.15, 0.2) is 48.5 Å². The van der Waals surface area contributed by atoms with Gasteiger partial charge >= 0.3 is 0 Å². The quantitative estimate of drug-likeness (QED) is 0.643. The third-order valence-electron chi connectivity index (χ3n) is 5.11. The van der Waals surface area contributed by atoms with Gasteiger partial charge in [-0.15, -0.1) is 0 Å². The third-order valence-corrected chi connectivity index (χ3v) is 6.25. The molecule has 0 radical (unpaired) electrons. The molecule has 168 valence electrons. The Hall–Kier alpha value is -2.87. The number of likely N-dealkylation sites (N-methyl/N-ethyl adjacent to an activating group) is 1. The highest BCUT2D eigenvalue weighted by atomic mass is 32.2. The fourth-order valence-corrected chi connectivity index (χ4v) is 4.15. The van der Waals surface area contributed by atoms with Gasteiger partial charge in [0.15, 0.2) is 0 Å². The Morgan fingerprint density at radius 2 is 1.48 bits per heavy atom. The van der Waals surface area contributed by atoms with E-state index in [1.54, 1.807) is 24.3 Å². The molecule has 0 aromatic heterocycles. The summed E-state index contributed by atoms with van der Waals surface area (Å²) in [7, 11) is -2.19. The molecule has 2 aromatic carbocycles. The van der Waals surface area contributed by atoms with Crippen LogP contribution in [0.2, 0.25) is 0 Å². The van der Waals surface area contributed by atoms with Crippen molar-refractivity contribution in [1.82, 2.24) is 10.2 Å². The lowest BCUT2D eigenvalue weighted by Gasteiger charge is -2.32. The number of amides is 2. The van der Waals surface area contributed by atoms with E-state index in [0.29, 0.717) is 12.1 Å². The number of anilines is 1. The van der Waals surface area contributed by atoms with Gasteiger partial charge in [0.1, 0.15) is 12.6 Å². The summed E-state index contributed by atoms with van der Waals surface area (Å²) in [4.78, 5) is 27.3. The van der Waals surface area contributed by atoms with Gasteiger partial charge in [-0.3, -0.25) is 13.9 Å². The molecule has 0 aliphatic carbocycles. The molecule has 0 saturated heterocycles. The summed E-state index contributed by atoms with van der Waals surface area (Å²) < 4.78 is 26.0.